The van der Waals surface area contributed by atoms with E-state index >= 15 is 0 Å². The van der Waals surface area contributed by atoms with Crippen molar-refractivity contribution in [2.45, 2.75) is 27.3 Å². The molecule has 1 aromatic heterocycles. The Bertz CT molecular complexity index is 644. The first-order valence-corrected chi connectivity index (χ1v) is 7.52. The third-order valence-corrected chi connectivity index (χ3v) is 3.81. The van der Waals surface area contributed by atoms with Gasteiger partial charge >= 0.3 is 0 Å². The standard InChI is InChI=1S/C17H23N3O/c1-4-19(5-2)12-13-20-17(21)11-10-16(18-20)15-9-7-6-8-14(15)3/h6-11H,4-5,12-13H2,1-3H3. The third kappa shape index (κ3) is 3.79. The molecule has 1 heterocycles. The number of benzene rings is 1. The molecule has 0 atom stereocenters. The van der Waals surface area contributed by atoms with Crippen molar-refractivity contribution in [2.75, 3.05) is 19.6 Å². The molecule has 0 spiro atoms. The van der Waals surface area contributed by atoms with Gasteiger partial charge in [-0.05, 0) is 31.6 Å². The quantitative estimate of drug-likeness (QED) is 0.818. The van der Waals surface area contributed by atoms with Crippen molar-refractivity contribution in [3.8, 4) is 11.3 Å². The second kappa shape index (κ2) is 7.18. The summed E-state index contributed by atoms with van der Waals surface area (Å²) in [6, 6.07) is 11.5. The summed E-state index contributed by atoms with van der Waals surface area (Å²) >= 11 is 0. The van der Waals surface area contributed by atoms with Gasteiger partial charge in [0.15, 0.2) is 0 Å². The zero-order valence-electron chi connectivity index (χ0n) is 13.0. The maximum atomic E-state index is 12.0. The van der Waals surface area contributed by atoms with Crippen molar-refractivity contribution in [3.63, 3.8) is 0 Å². The van der Waals surface area contributed by atoms with E-state index in [0.717, 1.165) is 30.9 Å². The van der Waals surface area contributed by atoms with E-state index in [0.29, 0.717) is 6.54 Å². The molecule has 0 amide bonds. The lowest BCUT2D eigenvalue weighted by molar-refractivity contribution is 0.283. The summed E-state index contributed by atoms with van der Waals surface area (Å²) in [4.78, 5) is 14.2. The molecule has 0 aliphatic heterocycles. The van der Waals surface area contributed by atoms with Crippen LogP contribution >= 0.6 is 0 Å². The fourth-order valence-corrected chi connectivity index (χ4v) is 2.39. The second-order valence-corrected chi connectivity index (χ2v) is 5.12. The minimum absolute atomic E-state index is 0.0421. The number of rotatable bonds is 6. The largest absolute Gasteiger partial charge is 0.302 e. The third-order valence-electron chi connectivity index (χ3n) is 3.81. The second-order valence-electron chi connectivity index (χ2n) is 5.12. The highest BCUT2D eigenvalue weighted by Gasteiger charge is 2.06. The number of hydrogen-bond donors (Lipinski definition) is 0. The molecule has 1 aromatic carbocycles. The number of aromatic nitrogens is 2. The fourth-order valence-electron chi connectivity index (χ4n) is 2.39. The van der Waals surface area contributed by atoms with Crippen molar-refractivity contribution >= 4 is 0 Å². The Morgan fingerprint density at radius 3 is 2.48 bits per heavy atom. The lowest BCUT2D eigenvalue weighted by Crippen LogP contribution is -2.32. The van der Waals surface area contributed by atoms with Crippen LogP contribution in [0.1, 0.15) is 19.4 Å². The van der Waals surface area contributed by atoms with E-state index in [1.54, 1.807) is 16.8 Å². The summed E-state index contributed by atoms with van der Waals surface area (Å²) in [5.74, 6) is 0. The topological polar surface area (TPSA) is 38.1 Å². The van der Waals surface area contributed by atoms with Gasteiger partial charge in [0.05, 0.1) is 12.2 Å². The van der Waals surface area contributed by atoms with Crippen LogP contribution in [-0.2, 0) is 6.54 Å². The van der Waals surface area contributed by atoms with Crippen molar-refractivity contribution in [3.05, 3.63) is 52.3 Å². The maximum absolute atomic E-state index is 12.0. The Labute approximate surface area is 126 Å². The zero-order chi connectivity index (χ0) is 15.2. The van der Waals surface area contributed by atoms with Crippen molar-refractivity contribution < 1.29 is 0 Å². The molecule has 4 nitrogen and oxygen atoms in total. The van der Waals surface area contributed by atoms with Gasteiger partial charge in [-0.15, -0.1) is 0 Å². The normalized spacial score (nSPS) is 11.0. The molecular weight excluding hydrogens is 262 g/mol. The molecule has 112 valence electrons. The highest BCUT2D eigenvalue weighted by Crippen LogP contribution is 2.19. The van der Waals surface area contributed by atoms with Crippen LogP contribution in [-0.4, -0.2) is 34.3 Å². The molecule has 0 fully saturated rings. The van der Waals surface area contributed by atoms with Gasteiger partial charge in [-0.1, -0.05) is 38.1 Å². The Morgan fingerprint density at radius 1 is 1.10 bits per heavy atom. The van der Waals surface area contributed by atoms with Gasteiger partial charge in [-0.25, -0.2) is 4.68 Å². The van der Waals surface area contributed by atoms with E-state index in [2.05, 4.69) is 36.8 Å². The number of nitrogens with zero attached hydrogens (tertiary/aromatic N) is 3. The summed E-state index contributed by atoms with van der Waals surface area (Å²) < 4.78 is 1.57. The van der Waals surface area contributed by atoms with E-state index in [-0.39, 0.29) is 5.56 Å². The molecule has 0 aliphatic rings. The SMILES string of the molecule is CCN(CC)CCn1nc(-c2ccccc2C)ccc1=O. The average molecular weight is 285 g/mol. The van der Waals surface area contributed by atoms with E-state index < -0.39 is 0 Å². The first kappa shape index (κ1) is 15.4. The number of likely N-dealkylation sites (N-methyl/N-ethyl adjacent to an activating group) is 1. The van der Waals surface area contributed by atoms with Gasteiger partial charge in [0, 0.05) is 18.2 Å². The summed E-state index contributed by atoms with van der Waals surface area (Å²) in [6.07, 6.45) is 0. The molecule has 2 rings (SSSR count). The molecule has 0 N–H and O–H groups in total. The molecule has 0 radical (unpaired) electrons. The van der Waals surface area contributed by atoms with E-state index in [4.69, 9.17) is 0 Å². The molecule has 0 bridgehead atoms. The summed E-state index contributed by atoms with van der Waals surface area (Å²) in [5.41, 5.74) is 3.06. The molecular formula is C17H23N3O. The van der Waals surface area contributed by atoms with E-state index in [1.807, 2.05) is 18.2 Å². The molecule has 0 saturated carbocycles. The first-order valence-electron chi connectivity index (χ1n) is 7.52. The predicted molar refractivity (Wildman–Crippen MR) is 86.5 cm³/mol. The molecule has 0 saturated heterocycles. The molecule has 2 aromatic rings. The van der Waals surface area contributed by atoms with Crippen LogP contribution in [0.4, 0.5) is 0 Å². The van der Waals surface area contributed by atoms with E-state index in [9.17, 15) is 4.79 Å². The number of hydrogen-bond acceptors (Lipinski definition) is 3. The van der Waals surface area contributed by atoms with Crippen LogP contribution in [0.3, 0.4) is 0 Å². The molecule has 4 heteroatoms. The highest BCUT2D eigenvalue weighted by atomic mass is 16.1. The van der Waals surface area contributed by atoms with Crippen LogP contribution in [0.5, 0.6) is 0 Å². The van der Waals surface area contributed by atoms with E-state index in [1.165, 1.54) is 5.56 Å². The van der Waals surface area contributed by atoms with Crippen LogP contribution in [0, 0.1) is 6.92 Å². The Kier molecular flexibility index (Phi) is 5.28. The van der Waals surface area contributed by atoms with Crippen LogP contribution in [0.15, 0.2) is 41.2 Å². The molecule has 21 heavy (non-hydrogen) atoms. The fraction of sp³-hybridized carbons (Fsp3) is 0.412. The molecule has 0 aliphatic carbocycles. The predicted octanol–water partition coefficient (Wildman–Crippen LogP) is 2.56. The van der Waals surface area contributed by atoms with Gasteiger partial charge in [0.25, 0.3) is 5.56 Å². The van der Waals surface area contributed by atoms with Crippen LogP contribution in [0.25, 0.3) is 11.3 Å². The Balaban J connectivity index is 2.26. The monoisotopic (exact) mass is 285 g/mol. The summed E-state index contributed by atoms with van der Waals surface area (Å²) in [6.45, 7) is 9.76. The molecule has 0 unspecified atom stereocenters. The average Bonchev–Trinajstić information content (AvgIpc) is 2.50. The van der Waals surface area contributed by atoms with Crippen molar-refractivity contribution in [2.24, 2.45) is 0 Å². The minimum atomic E-state index is -0.0421. The van der Waals surface area contributed by atoms with Crippen LogP contribution in [0.2, 0.25) is 0 Å². The minimum Gasteiger partial charge on any atom is -0.302 e. The smallest absolute Gasteiger partial charge is 0.266 e. The van der Waals surface area contributed by atoms with Gasteiger partial charge in [-0.2, -0.15) is 5.10 Å². The Hall–Kier alpha value is -1.94. The van der Waals surface area contributed by atoms with Crippen molar-refractivity contribution in [1.82, 2.24) is 14.7 Å². The summed E-state index contributed by atoms with van der Waals surface area (Å²) in [7, 11) is 0. The van der Waals surface area contributed by atoms with Gasteiger partial charge in [0.1, 0.15) is 0 Å². The zero-order valence-corrected chi connectivity index (χ0v) is 13.0. The van der Waals surface area contributed by atoms with Gasteiger partial charge in [0.2, 0.25) is 0 Å². The number of aryl methyl sites for hydroxylation is 1. The van der Waals surface area contributed by atoms with Crippen molar-refractivity contribution in [1.29, 1.82) is 0 Å². The maximum Gasteiger partial charge on any atom is 0.266 e. The lowest BCUT2D eigenvalue weighted by Gasteiger charge is -2.18. The highest BCUT2D eigenvalue weighted by molar-refractivity contribution is 5.62. The van der Waals surface area contributed by atoms with Crippen LogP contribution < -0.4 is 5.56 Å². The van der Waals surface area contributed by atoms with Gasteiger partial charge < -0.3 is 4.90 Å². The summed E-state index contributed by atoms with van der Waals surface area (Å²) in [5, 5.41) is 4.52. The van der Waals surface area contributed by atoms with Gasteiger partial charge in [-0.3, -0.25) is 4.79 Å². The first-order chi connectivity index (χ1) is 10.2. The lowest BCUT2D eigenvalue weighted by atomic mass is 10.1. The Morgan fingerprint density at radius 2 is 1.81 bits per heavy atom.